The first-order valence-corrected chi connectivity index (χ1v) is 14.3. The SMILES string of the molecule is CC=Nc1c(C(C)=N)c(-c2ccc(Oc3ccccc3)cc2)nn1C1CCCN(C(=O)C=CCNC2CCOC2)C1. The number of hydrogen-bond donors (Lipinski definition) is 2. The van der Waals surface area contributed by atoms with Crippen LogP contribution < -0.4 is 10.1 Å². The van der Waals surface area contributed by atoms with Gasteiger partial charge < -0.3 is 25.1 Å². The molecule has 2 aromatic carbocycles. The van der Waals surface area contributed by atoms with E-state index in [2.05, 4.69) is 10.3 Å². The quantitative estimate of drug-likeness (QED) is 0.253. The first kappa shape index (κ1) is 28.4. The molecule has 0 aliphatic carbocycles. The summed E-state index contributed by atoms with van der Waals surface area (Å²) in [5.41, 5.74) is 2.67. The van der Waals surface area contributed by atoms with Crippen LogP contribution in [0.25, 0.3) is 11.3 Å². The van der Waals surface area contributed by atoms with Crippen LogP contribution in [0.3, 0.4) is 0 Å². The average molecular weight is 555 g/mol. The number of benzene rings is 2. The van der Waals surface area contributed by atoms with Crippen molar-refractivity contribution in [3.63, 3.8) is 0 Å². The lowest BCUT2D eigenvalue weighted by atomic mass is 10.0. The van der Waals surface area contributed by atoms with Crippen molar-refractivity contribution in [2.24, 2.45) is 4.99 Å². The molecule has 5 rings (SSSR count). The Hall–Kier alpha value is -4.08. The third-order valence-corrected chi connectivity index (χ3v) is 7.39. The number of likely N-dealkylation sites (tertiary alicyclic amines) is 1. The Morgan fingerprint density at radius 3 is 2.66 bits per heavy atom. The van der Waals surface area contributed by atoms with Gasteiger partial charge in [-0.25, -0.2) is 9.67 Å². The predicted octanol–water partition coefficient (Wildman–Crippen LogP) is 5.55. The van der Waals surface area contributed by atoms with Gasteiger partial charge in [-0.2, -0.15) is 5.10 Å². The van der Waals surface area contributed by atoms with Gasteiger partial charge in [0.25, 0.3) is 0 Å². The molecule has 0 bridgehead atoms. The van der Waals surface area contributed by atoms with Crippen LogP contribution in [0.2, 0.25) is 0 Å². The minimum Gasteiger partial charge on any atom is -0.457 e. The highest BCUT2D eigenvalue weighted by atomic mass is 16.5. The van der Waals surface area contributed by atoms with E-state index in [4.69, 9.17) is 20.0 Å². The molecule has 2 saturated heterocycles. The smallest absolute Gasteiger partial charge is 0.246 e. The summed E-state index contributed by atoms with van der Waals surface area (Å²) in [5, 5.41) is 17.0. The van der Waals surface area contributed by atoms with Crippen molar-refractivity contribution in [1.29, 1.82) is 5.41 Å². The normalized spacial score (nSPS) is 19.3. The van der Waals surface area contributed by atoms with Crippen molar-refractivity contribution in [2.45, 2.75) is 45.2 Å². The van der Waals surface area contributed by atoms with E-state index in [1.54, 1.807) is 19.2 Å². The molecule has 9 nitrogen and oxygen atoms in total. The maximum absolute atomic E-state index is 13.0. The van der Waals surface area contributed by atoms with Gasteiger partial charge in [-0.15, -0.1) is 0 Å². The Kier molecular flexibility index (Phi) is 9.38. The van der Waals surface area contributed by atoms with E-state index in [1.807, 2.05) is 77.2 Å². The lowest BCUT2D eigenvalue weighted by Gasteiger charge is -2.32. The van der Waals surface area contributed by atoms with Crippen LogP contribution >= 0.6 is 0 Å². The van der Waals surface area contributed by atoms with Crippen molar-refractivity contribution in [3.8, 4) is 22.8 Å². The standard InChI is InChI=1S/C32H38N6O3/c1-3-34-32-30(23(2)33)31(24-13-15-28(16-14-24)41-27-10-5-4-6-11-27)36-38(32)26-9-8-19-37(21-26)29(39)12-7-18-35-25-17-20-40-22-25/h3-7,10-16,25-26,33,35H,8-9,17-22H2,1-2H3. The number of ether oxygens (including phenoxy) is 2. The molecule has 41 heavy (non-hydrogen) atoms. The fourth-order valence-corrected chi connectivity index (χ4v) is 5.33. The van der Waals surface area contributed by atoms with Crippen molar-refractivity contribution < 1.29 is 14.3 Å². The number of carbonyl (C=O) groups is 1. The summed E-state index contributed by atoms with van der Waals surface area (Å²) >= 11 is 0. The molecule has 2 unspecified atom stereocenters. The van der Waals surface area contributed by atoms with Crippen LogP contribution in [0.4, 0.5) is 5.82 Å². The number of rotatable bonds is 10. The van der Waals surface area contributed by atoms with E-state index in [0.717, 1.165) is 49.5 Å². The zero-order chi connectivity index (χ0) is 28.6. The van der Waals surface area contributed by atoms with E-state index >= 15 is 0 Å². The second kappa shape index (κ2) is 13.5. The molecule has 2 fully saturated rings. The summed E-state index contributed by atoms with van der Waals surface area (Å²) < 4.78 is 13.3. The fourth-order valence-electron chi connectivity index (χ4n) is 5.33. The lowest BCUT2D eigenvalue weighted by Crippen LogP contribution is -2.40. The van der Waals surface area contributed by atoms with Crippen LogP contribution in [0.15, 0.2) is 71.7 Å². The molecule has 2 N–H and O–H groups in total. The second-order valence-corrected chi connectivity index (χ2v) is 10.4. The predicted molar refractivity (Wildman–Crippen MR) is 162 cm³/mol. The molecule has 2 atom stereocenters. The largest absolute Gasteiger partial charge is 0.457 e. The molecule has 2 aliphatic heterocycles. The number of nitrogens with zero attached hydrogens (tertiary/aromatic N) is 4. The molecular weight excluding hydrogens is 516 g/mol. The van der Waals surface area contributed by atoms with E-state index in [9.17, 15) is 4.79 Å². The third-order valence-electron chi connectivity index (χ3n) is 7.39. The van der Waals surface area contributed by atoms with Crippen LogP contribution in [-0.4, -0.2) is 71.4 Å². The summed E-state index contributed by atoms with van der Waals surface area (Å²) in [7, 11) is 0. The molecule has 214 valence electrons. The number of aromatic nitrogens is 2. The van der Waals surface area contributed by atoms with Crippen LogP contribution in [0, 0.1) is 5.41 Å². The Labute approximate surface area is 241 Å². The average Bonchev–Trinajstić information content (AvgIpc) is 3.65. The van der Waals surface area contributed by atoms with E-state index in [1.165, 1.54) is 0 Å². The van der Waals surface area contributed by atoms with Crippen molar-refractivity contribution >= 4 is 23.7 Å². The number of hydrogen-bond acceptors (Lipinski definition) is 7. The Balaban J connectivity index is 1.34. The minimum atomic E-state index is -0.0406. The summed E-state index contributed by atoms with van der Waals surface area (Å²) in [6, 6.07) is 17.7. The van der Waals surface area contributed by atoms with E-state index < -0.39 is 0 Å². The molecule has 3 aromatic rings. The third kappa shape index (κ3) is 6.99. The van der Waals surface area contributed by atoms with Gasteiger partial charge in [0.15, 0.2) is 5.82 Å². The Morgan fingerprint density at radius 1 is 1.17 bits per heavy atom. The summed E-state index contributed by atoms with van der Waals surface area (Å²) in [4.78, 5) is 19.6. The summed E-state index contributed by atoms with van der Waals surface area (Å²) in [6.45, 7) is 7.05. The van der Waals surface area contributed by atoms with Crippen LogP contribution in [0.1, 0.15) is 44.7 Å². The maximum Gasteiger partial charge on any atom is 0.246 e. The molecule has 1 aromatic heterocycles. The summed E-state index contributed by atoms with van der Waals surface area (Å²) in [6.07, 6.45) is 8.05. The number of carbonyl (C=O) groups excluding carboxylic acids is 1. The highest BCUT2D eigenvalue weighted by molar-refractivity contribution is 6.06. The van der Waals surface area contributed by atoms with Gasteiger partial charge in [-0.3, -0.25) is 4.79 Å². The van der Waals surface area contributed by atoms with Crippen molar-refractivity contribution in [3.05, 3.63) is 72.3 Å². The van der Waals surface area contributed by atoms with Gasteiger partial charge in [-0.1, -0.05) is 24.3 Å². The molecular formula is C32H38N6O3. The van der Waals surface area contributed by atoms with Crippen LogP contribution in [-0.2, 0) is 9.53 Å². The van der Waals surface area contributed by atoms with Gasteiger partial charge in [-0.05, 0) is 69.5 Å². The van der Waals surface area contributed by atoms with Gasteiger partial charge >= 0.3 is 0 Å². The number of nitrogens with one attached hydrogen (secondary N) is 2. The topological polar surface area (TPSA) is 105 Å². The lowest BCUT2D eigenvalue weighted by molar-refractivity contribution is -0.127. The van der Waals surface area contributed by atoms with Crippen molar-refractivity contribution in [2.75, 3.05) is 32.8 Å². The molecule has 1 amide bonds. The second-order valence-electron chi connectivity index (χ2n) is 10.4. The van der Waals surface area contributed by atoms with E-state index in [0.29, 0.717) is 48.5 Å². The Morgan fingerprint density at radius 2 is 1.95 bits per heavy atom. The molecule has 0 spiro atoms. The summed E-state index contributed by atoms with van der Waals surface area (Å²) in [5.74, 6) is 2.15. The Bertz CT molecular complexity index is 1390. The van der Waals surface area contributed by atoms with Gasteiger partial charge in [0, 0.05) is 55.8 Å². The van der Waals surface area contributed by atoms with Crippen molar-refractivity contribution in [1.82, 2.24) is 20.0 Å². The monoisotopic (exact) mass is 554 g/mol. The highest BCUT2D eigenvalue weighted by Crippen LogP contribution is 2.36. The zero-order valence-electron chi connectivity index (χ0n) is 23.8. The zero-order valence-corrected chi connectivity index (χ0v) is 23.8. The van der Waals surface area contributed by atoms with Gasteiger partial charge in [0.2, 0.25) is 5.91 Å². The number of aliphatic imine (C=N–C) groups is 1. The molecule has 0 saturated carbocycles. The fraction of sp³-hybridized carbons (Fsp3) is 0.375. The highest BCUT2D eigenvalue weighted by Gasteiger charge is 2.29. The molecule has 2 aliphatic rings. The van der Waals surface area contributed by atoms with Crippen LogP contribution in [0.5, 0.6) is 11.5 Å². The molecule has 3 heterocycles. The van der Waals surface area contributed by atoms with Gasteiger partial charge in [0.1, 0.15) is 17.2 Å². The first-order chi connectivity index (χ1) is 20.0. The molecule has 9 heteroatoms. The number of amides is 1. The first-order valence-electron chi connectivity index (χ1n) is 14.3. The van der Waals surface area contributed by atoms with E-state index in [-0.39, 0.29) is 11.9 Å². The van der Waals surface area contributed by atoms with Gasteiger partial charge in [0.05, 0.1) is 18.2 Å². The minimum absolute atomic E-state index is 0.00422. The number of para-hydroxylation sites is 1. The molecule has 0 radical (unpaired) electrons. The maximum atomic E-state index is 13.0. The number of piperidine rings is 1.